The molecular formula is C13H16FN3. The van der Waals surface area contributed by atoms with E-state index < -0.39 is 0 Å². The summed E-state index contributed by atoms with van der Waals surface area (Å²) in [5.74, 6) is -0.198. The van der Waals surface area contributed by atoms with Gasteiger partial charge in [0.2, 0.25) is 0 Å². The number of nitrogens with zero attached hydrogens (tertiary/aromatic N) is 2. The fourth-order valence-electron chi connectivity index (χ4n) is 1.71. The van der Waals surface area contributed by atoms with E-state index in [9.17, 15) is 4.39 Å². The minimum Gasteiger partial charge on any atom is -0.337 e. The highest BCUT2D eigenvalue weighted by molar-refractivity contribution is 5.19. The molecule has 1 heterocycles. The molecule has 0 aliphatic rings. The van der Waals surface area contributed by atoms with Crippen molar-refractivity contribution in [3.05, 3.63) is 53.9 Å². The number of benzene rings is 1. The van der Waals surface area contributed by atoms with Gasteiger partial charge in [-0.15, -0.1) is 0 Å². The number of aromatic nitrogens is 2. The van der Waals surface area contributed by atoms with Crippen LogP contribution in [0.5, 0.6) is 0 Å². The SMILES string of the molecule is CC(NCc1cncn1C)c1cccc(F)c1. The third-order valence-electron chi connectivity index (χ3n) is 2.85. The summed E-state index contributed by atoms with van der Waals surface area (Å²) >= 11 is 0. The fraction of sp³-hybridized carbons (Fsp3) is 0.308. The average Bonchev–Trinajstić information content (AvgIpc) is 2.72. The first-order chi connectivity index (χ1) is 8.16. The Balaban J connectivity index is 1.98. The highest BCUT2D eigenvalue weighted by atomic mass is 19.1. The molecule has 0 saturated heterocycles. The van der Waals surface area contributed by atoms with Gasteiger partial charge in [0.1, 0.15) is 5.82 Å². The predicted octanol–water partition coefficient (Wildman–Crippen LogP) is 2.41. The predicted molar refractivity (Wildman–Crippen MR) is 64.9 cm³/mol. The summed E-state index contributed by atoms with van der Waals surface area (Å²) in [6.45, 7) is 2.74. The van der Waals surface area contributed by atoms with Crippen LogP contribution < -0.4 is 5.32 Å². The van der Waals surface area contributed by atoms with Gasteiger partial charge in [-0.05, 0) is 24.6 Å². The Hall–Kier alpha value is -1.68. The molecule has 0 bridgehead atoms. The van der Waals surface area contributed by atoms with E-state index in [4.69, 9.17) is 0 Å². The molecule has 17 heavy (non-hydrogen) atoms. The minimum absolute atomic E-state index is 0.112. The van der Waals surface area contributed by atoms with Gasteiger partial charge < -0.3 is 9.88 Å². The van der Waals surface area contributed by atoms with Crippen LogP contribution in [0.1, 0.15) is 24.2 Å². The lowest BCUT2D eigenvalue weighted by Crippen LogP contribution is -2.19. The van der Waals surface area contributed by atoms with Crippen molar-refractivity contribution in [2.24, 2.45) is 7.05 Å². The van der Waals surface area contributed by atoms with Crippen LogP contribution in [0.25, 0.3) is 0 Å². The summed E-state index contributed by atoms with van der Waals surface area (Å²) in [7, 11) is 1.96. The van der Waals surface area contributed by atoms with Crippen LogP contribution >= 0.6 is 0 Å². The van der Waals surface area contributed by atoms with Crippen molar-refractivity contribution in [3.8, 4) is 0 Å². The van der Waals surface area contributed by atoms with Crippen LogP contribution in [-0.4, -0.2) is 9.55 Å². The van der Waals surface area contributed by atoms with Crippen LogP contribution in [0, 0.1) is 5.82 Å². The van der Waals surface area contributed by atoms with Gasteiger partial charge >= 0.3 is 0 Å². The largest absolute Gasteiger partial charge is 0.337 e. The second-order valence-corrected chi connectivity index (χ2v) is 4.15. The summed E-state index contributed by atoms with van der Waals surface area (Å²) in [6, 6.07) is 6.77. The van der Waals surface area contributed by atoms with E-state index in [1.165, 1.54) is 6.07 Å². The monoisotopic (exact) mass is 233 g/mol. The molecule has 0 amide bonds. The molecule has 2 rings (SSSR count). The van der Waals surface area contributed by atoms with Gasteiger partial charge in [0, 0.05) is 25.8 Å². The normalized spacial score (nSPS) is 12.6. The lowest BCUT2D eigenvalue weighted by Gasteiger charge is -2.14. The first-order valence-electron chi connectivity index (χ1n) is 5.61. The van der Waals surface area contributed by atoms with Crippen LogP contribution in [0.3, 0.4) is 0 Å². The Labute approximate surface area is 100 Å². The van der Waals surface area contributed by atoms with Gasteiger partial charge in [-0.3, -0.25) is 0 Å². The Kier molecular flexibility index (Phi) is 3.54. The number of nitrogens with one attached hydrogen (secondary N) is 1. The van der Waals surface area contributed by atoms with Crippen LogP contribution in [0.2, 0.25) is 0 Å². The van der Waals surface area contributed by atoms with Crippen molar-refractivity contribution in [1.29, 1.82) is 0 Å². The van der Waals surface area contributed by atoms with Gasteiger partial charge in [0.15, 0.2) is 0 Å². The first kappa shape index (κ1) is 11.8. The summed E-state index contributed by atoms with van der Waals surface area (Å²) in [6.07, 6.45) is 3.59. The van der Waals surface area contributed by atoms with Gasteiger partial charge in [-0.2, -0.15) is 0 Å². The fourth-order valence-corrected chi connectivity index (χ4v) is 1.71. The molecule has 2 aromatic rings. The smallest absolute Gasteiger partial charge is 0.123 e. The van der Waals surface area contributed by atoms with E-state index in [2.05, 4.69) is 10.3 Å². The maximum atomic E-state index is 13.1. The second kappa shape index (κ2) is 5.10. The first-order valence-corrected chi connectivity index (χ1v) is 5.61. The molecule has 3 nitrogen and oxygen atoms in total. The average molecular weight is 233 g/mol. The third-order valence-corrected chi connectivity index (χ3v) is 2.85. The van der Waals surface area contributed by atoms with Gasteiger partial charge in [0.25, 0.3) is 0 Å². The zero-order valence-corrected chi connectivity index (χ0v) is 10.0. The molecule has 1 unspecified atom stereocenters. The Morgan fingerprint density at radius 2 is 2.29 bits per heavy atom. The van der Waals surface area contributed by atoms with E-state index in [1.54, 1.807) is 18.5 Å². The number of hydrogen-bond donors (Lipinski definition) is 1. The van der Waals surface area contributed by atoms with Crippen molar-refractivity contribution in [2.75, 3.05) is 0 Å². The van der Waals surface area contributed by atoms with Crippen molar-refractivity contribution in [3.63, 3.8) is 0 Å². The van der Waals surface area contributed by atoms with Crippen molar-refractivity contribution < 1.29 is 4.39 Å². The number of hydrogen-bond acceptors (Lipinski definition) is 2. The minimum atomic E-state index is -0.198. The Bertz CT molecular complexity index is 493. The van der Waals surface area contributed by atoms with Crippen molar-refractivity contribution in [1.82, 2.24) is 14.9 Å². The number of imidazole rings is 1. The Morgan fingerprint density at radius 3 is 2.94 bits per heavy atom. The van der Waals surface area contributed by atoms with Crippen LogP contribution in [-0.2, 0) is 13.6 Å². The molecule has 0 saturated carbocycles. The molecule has 0 radical (unpaired) electrons. The lowest BCUT2D eigenvalue weighted by molar-refractivity contribution is 0.551. The number of aryl methyl sites for hydroxylation is 1. The van der Waals surface area contributed by atoms with E-state index in [-0.39, 0.29) is 11.9 Å². The maximum absolute atomic E-state index is 13.1. The summed E-state index contributed by atoms with van der Waals surface area (Å²) < 4.78 is 15.0. The van der Waals surface area contributed by atoms with Crippen molar-refractivity contribution >= 4 is 0 Å². The third kappa shape index (κ3) is 2.91. The Morgan fingerprint density at radius 1 is 1.47 bits per heavy atom. The standard InChI is InChI=1S/C13H16FN3/c1-10(11-4-3-5-12(14)6-11)16-8-13-7-15-9-17(13)2/h3-7,9-10,16H,8H2,1-2H3. The van der Waals surface area contributed by atoms with E-state index in [0.717, 1.165) is 11.3 Å². The molecular weight excluding hydrogens is 217 g/mol. The summed E-state index contributed by atoms with van der Waals surface area (Å²) in [5.41, 5.74) is 2.06. The maximum Gasteiger partial charge on any atom is 0.123 e. The van der Waals surface area contributed by atoms with Crippen LogP contribution in [0.4, 0.5) is 4.39 Å². The van der Waals surface area contributed by atoms with Crippen molar-refractivity contribution in [2.45, 2.75) is 19.5 Å². The molecule has 4 heteroatoms. The molecule has 1 atom stereocenters. The molecule has 0 fully saturated rings. The molecule has 0 spiro atoms. The van der Waals surface area contributed by atoms with Gasteiger partial charge in [-0.1, -0.05) is 12.1 Å². The zero-order chi connectivity index (χ0) is 12.3. The number of rotatable bonds is 4. The number of halogens is 1. The van der Waals surface area contributed by atoms with E-state index in [0.29, 0.717) is 6.54 Å². The highest BCUT2D eigenvalue weighted by Crippen LogP contribution is 2.14. The van der Waals surface area contributed by atoms with Crippen LogP contribution in [0.15, 0.2) is 36.8 Å². The molecule has 0 aliphatic heterocycles. The lowest BCUT2D eigenvalue weighted by atomic mass is 10.1. The molecule has 1 N–H and O–H groups in total. The topological polar surface area (TPSA) is 29.9 Å². The van der Waals surface area contributed by atoms with Gasteiger partial charge in [0.05, 0.1) is 12.0 Å². The quantitative estimate of drug-likeness (QED) is 0.878. The zero-order valence-electron chi connectivity index (χ0n) is 10.0. The molecule has 1 aromatic carbocycles. The highest BCUT2D eigenvalue weighted by Gasteiger charge is 2.06. The molecule has 90 valence electrons. The van der Waals surface area contributed by atoms with E-state index >= 15 is 0 Å². The molecule has 0 aliphatic carbocycles. The van der Waals surface area contributed by atoms with E-state index in [1.807, 2.05) is 30.8 Å². The summed E-state index contributed by atoms with van der Waals surface area (Å²) in [5, 5.41) is 3.34. The summed E-state index contributed by atoms with van der Waals surface area (Å²) in [4.78, 5) is 4.05. The van der Waals surface area contributed by atoms with Gasteiger partial charge in [-0.25, -0.2) is 9.37 Å². The molecule has 1 aromatic heterocycles. The second-order valence-electron chi connectivity index (χ2n) is 4.15.